The molecule has 0 unspecified atom stereocenters. The van der Waals surface area contributed by atoms with Crippen LogP contribution >= 0.6 is 11.6 Å². The average molecular weight is 194 g/mol. The third kappa shape index (κ3) is 1.04. The maximum absolute atomic E-state index is 7.59. The molecule has 4 heteroatoms. The van der Waals surface area contributed by atoms with Gasteiger partial charge in [0.05, 0.1) is 5.02 Å². The molecule has 0 aromatic heterocycles. The molecule has 0 saturated carbocycles. The van der Waals surface area contributed by atoms with Crippen LogP contribution in [-0.2, 0) is 0 Å². The molecule has 66 valence electrons. The highest BCUT2D eigenvalue weighted by Crippen LogP contribution is 2.26. The van der Waals surface area contributed by atoms with Gasteiger partial charge in [-0.1, -0.05) is 17.7 Å². The van der Waals surface area contributed by atoms with Gasteiger partial charge in [-0.2, -0.15) is 0 Å². The van der Waals surface area contributed by atoms with Crippen molar-refractivity contribution in [3.63, 3.8) is 0 Å². The van der Waals surface area contributed by atoms with Crippen molar-refractivity contribution in [3.05, 3.63) is 33.8 Å². The highest BCUT2D eigenvalue weighted by atomic mass is 35.5. The SMILES string of the molecule is Cc1ccc(Cl)c2c1C(=N)NC2=N. The summed E-state index contributed by atoms with van der Waals surface area (Å²) in [6.07, 6.45) is 0. The fraction of sp³-hybridized carbons (Fsp3) is 0.111. The number of rotatable bonds is 0. The molecular formula is C9H8ClN3. The predicted octanol–water partition coefficient (Wildman–Crippen LogP) is 1.90. The van der Waals surface area contributed by atoms with E-state index in [1.54, 1.807) is 6.07 Å². The lowest BCUT2D eigenvalue weighted by Crippen LogP contribution is -2.20. The Balaban J connectivity index is 2.81. The molecule has 1 aliphatic rings. The van der Waals surface area contributed by atoms with Crippen LogP contribution in [0, 0.1) is 17.7 Å². The van der Waals surface area contributed by atoms with Crippen LogP contribution in [0.25, 0.3) is 0 Å². The zero-order valence-corrected chi connectivity index (χ0v) is 7.79. The van der Waals surface area contributed by atoms with Crippen LogP contribution in [0.1, 0.15) is 16.7 Å². The number of fused-ring (bicyclic) bond motifs is 1. The molecule has 0 amide bonds. The van der Waals surface area contributed by atoms with Crippen molar-refractivity contribution in [1.82, 2.24) is 5.32 Å². The van der Waals surface area contributed by atoms with E-state index in [2.05, 4.69) is 5.32 Å². The maximum atomic E-state index is 7.59. The molecule has 0 spiro atoms. The number of hydrogen-bond donors (Lipinski definition) is 3. The van der Waals surface area contributed by atoms with Crippen molar-refractivity contribution in [3.8, 4) is 0 Å². The molecule has 0 aliphatic carbocycles. The van der Waals surface area contributed by atoms with E-state index in [9.17, 15) is 0 Å². The molecular weight excluding hydrogens is 186 g/mol. The van der Waals surface area contributed by atoms with Crippen LogP contribution in [-0.4, -0.2) is 11.7 Å². The molecule has 3 nitrogen and oxygen atoms in total. The molecule has 0 radical (unpaired) electrons. The van der Waals surface area contributed by atoms with Crippen LogP contribution in [0.2, 0.25) is 5.02 Å². The molecule has 1 aromatic carbocycles. The average Bonchev–Trinajstić information content (AvgIpc) is 2.36. The van der Waals surface area contributed by atoms with Crippen molar-refractivity contribution < 1.29 is 0 Å². The molecule has 1 heterocycles. The molecule has 13 heavy (non-hydrogen) atoms. The minimum absolute atomic E-state index is 0.216. The minimum Gasteiger partial charge on any atom is -0.325 e. The standard InChI is InChI=1S/C9H8ClN3/c1-4-2-3-5(10)7-6(4)8(11)13-9(7)12/h2-3H,1H3,(H3,11,12,13). The Morgan fingerprint density at radius 3 is 2.38 bits per heavy atom. The summed E-state index contributed by atoms with van der Waals surface area (Å²) in [7, 11) is 0. The summed E-state index contributed by atoms with van der Waals surface area (Å²) >= 11 is 5.92. The van der Waals surface area contributed by atoms with Crippen LogP contribution in [0.15, 0.2) is 12.1 Å². The van der Waals surface area contributed by atoms with Gasteiger partial charge in [-0.05, 0) is 18.6 Å². The quantitative estimate of drug-likeness (QED) is 0.579. The van der Waals surface area contributed by atoms with Crippen LogP contribution in [0.3, 0.4) is 0 Å². The van der Waals surface area contributed by atoms with Gasteiger partial charge in [0.2, 0.25) is 0 Å². The summed E-state index contributed by atoms with van der Waals surface area (Å²) in [6.45, 7) is 1.91. The van der Waals surface area contributed by atoms with E-state index in [1.807, 2.05) is 13.0 Å². The largest absolute Gasteiger partial charge is 0.325 e. The summed E-state index contributed by atoms with van der Waals surface area (Å²) in [6, 6.07) is 3.61. The predicted molar refractivity (Wildman–Crippen MR) is 53.0 cm³/mol. The number of nitrogens with one attached hydrogen (secondary N) is 3. The molecule has 0 atom stereocenters. The Labute approximate surface area is 80.7 Å². The van der Waals surface area contributed by atoms with Crippen molar-refractivity contribution >= 4 is 23.3 Å². The first-order chi connectivity index (χ1) is 6.11. The van der Waals surface area contributed by atoms with Gasteiger partial charge in [0.15, 0.2) is 0 Å². The molecule has 3 N–H and O–H groups in total. The van der Waals surface area contributed by atoms with Crippen molar-refractivity contribution in [2.24, 2.45) is 0 Å². The zero-order valence-electron chi connectivity index (χ0n) is 7.03. The van der Waals surface area contributed by atoms with E-state index in [0.717, 1.165) is 11.1 Å². The Hall–Kier alpha value is -1.35. The van der Waals surface area contributed by atoms with E-state index in [-0.39, 0.29) is 11.7 Å². The first-order valence-electron chi connectivity index (χ1n) is 3.85. The Morgan fingerprint density at radius 1 is 1.15 bits per heavy atom. The van der Waals surface area contributed by atoms with Gasteiger partial charge in [0.1, 0.15) is 11.7 Å². The van der Waals surface area contributed by atoms with Crippen molar-refractivity contribution in [2.45, 2.75) is 6.92 Å². The number of hydrogen-bond acceptors (Lipinski definition) is 2. The van der Waals surface area contributed by atoms with E-state index < -0.39 is 0 Å². The fourth-order valence-electron chi connectivity index (χ4n) is 1.50. The lowest BCUT2D eigenvalue weighted by molar-refractivity contribution is 1.29. The topological polar surface area (TPSA) is 59.7 Å². The van der Waals surface area contributed by atoms with Crippen LogP contribution < -0.4 is 5.32 Å². The molecule has 2 rings (SSSR count). The summed E-state index contributed by atoms with van der Waals surface area (Å²) in [5.41, 5.74) is 2.36. The normalized spacial score (nSPS) is 14.3. The van der Waals surface area contributed by atoms with E-state index in [1.165, 1.54) is 0 Å². The second-order valence-corrected chi connectivity index (χ2v) is 3.40. The van der Waals surface area contributed by atoms with Crippen LogP contribution in [0.4, 0.5) is 0 Å². The highest BCUT2D eigenvalue weighted by Gasteiger charge is 2.25. The number of benzene rings is 1. The van der Waals surface area contributed by atoms with E-state index in [0.29, 0.717) is 10.6 Å². The van der Waals surface area contributed by atoms with Gasteiger partial charge in [-0.25, -0.2) is 0 Å². The van der Waals surface area contributed by atoms with E-state index in [4.69, 9.17) is 22.4 Å². The molecule has 0 saturated heterocycles. The second kappa shape index (κ2) is 2.57. The molecule has 0 bridgehead atoms. The monoisotopic (exact) mass is 193 g/mol. The number of aryl methyl sites for hydroxylation is 1. The van der Waals surface area contributed by atoms with Crippen molar-refractivity contribution in [2.75, 3.05) is 0 Å². The zero-order chi connectivity index (χ0) is 9.59. The van der Waals surface area contributed by atoms with Gasteiger partial charge in [-0.15, -0.1) is 0 Å². The lowest BCUT2D eigenvalue weighted by atomic mass is 10.0. The molecule has 1 aromatic rings. The van der Waals surface area contributed by atoms with Gasteiger partial charge in [0.25, 0.3) is 0 Å². The molecule has 0 fully saturated rings. The van der Waals surface area contributed by atoms with Gasteiger partial charge < -0.3 is 5.32 Å². The Bertz CT molecular complexity index is 384. The van der Waals surface area contributed by atoms with Gasteiger partial charge in [-0.3, -0.25) is 10.8 Å². The summed E-state index contributed by atoms with van der Waals surface area (Å²) in [5, 5.41) is 18.3. The Kier molecular flexibility index (Phi) is 1.63. The fourth-order valence-corrected chi connectivity index (χ4v) is 1.75. The summed E-state index contributed by atoms with van der Waals surface area (Å²) < 4.78 is 0. The smallest absolute Gasteiger partial charge is 0.133 e. The number of halogens is 1. The lowest BCUT2D eigenvalue weighted by Gasteiger charge is -2.02. The highest BCUT2D eigenvalue weighted by molar-refractivity contribution is 6.38. The first-order valence-corrected chi connectivity index (χ1v) is 4.23. The minimum atomic E-state index is 0.216. The third-order valence-electron chi connectivity index (χ3n) is 2.11. The summed E-state index contributed by atoms with van der Waals surface area (Å²) in [4.78, 5) is 0. The van der Waals surface area contributed by atoms with Crippen molar-refractivity contribution in [1.29, 1.82) is 10.8 Å². The third-order valence-corrected chi connectivity index (χ3v) is 2.43. The van der Waals surface area contributed by atoms with E-state index >= 15 is 0 Å². The van der Waals surface area contributed by atoms with Gasteiger partial charge in [0, 0.05) is 11.1 Å². The summed E-state index contributed by atoms with van der Waals surface area (Å²) in [5.74, 6) is 0.480. The maximum Gasteiger partial charge on any atom is 0.133 e. The van der Waals surface area contributed by atoms with Crippen LogP contribution in [0.5, 0.6) is 0 Å². The first kappa shape index (κ1) is 8.26. The second-order valence-electron chi connectivity index (χ2n) is 2.99. The van der Waals surface area contributed by atoms with Gasteiger partial charge >= 0.3 is 0 Å². The molecule has 1 aliphatic heterocycles. The number of amidine groups is 2. The Morgan fingerprint density at radius 2 is 1.77 bits per heavy atom.